The predicted octanol–water partition coefficient (Wildman–Crippen LogP) is 9.60. The van der Waals surface area contributed by atoms with Crippen LogP contribution in [-0.2, 0) is 0 Å². The molecular weight excluding hydrogens is 528 g/mol. The Morgan fingerprint density at radius 3 is 2.26 bits per heavy atom. The molecule has 0 unspecified atom stereocenters. The van der Waals surface area contributed by atoms with Gasteiger partial charge < -0.3 is 18.6 Å². The summed E-state index contributed by atoms with van der Waals surface area (Å²) in [5, 5.41) is 0.528. The Morgan fingerprint density at radius 1 is 0.833 bits per heavy atom. The zero-order valence-corrected chi connectivity index (χ0v) is 25.7. The van der Waals surface area contributed by atoms with Crippen LogP contribution in [0.2, 0.25) is 0 Å². The Morgan fingerprint density at radius 2 is 1.55 bits per heavy atom. The molecule has 0 N–H and O–H groups in total. The van der Waals surface area contributed by atoms with Crippen molar-refractivity contribution in [2.75, 3.05) is 13.2 Å². The maximum Gasteiger partial charge on any atom is 0.383 e. The molecule has 42 heavy (non-hydrogen) atoms. The number of rotatable bonds is 18. The molecule has 0 spiro atoms. The minimum absolute atomic E-state index is 0.175. The van der Waals surface area contributed by atoms with Gasteiger partial charge in [0.2, 0.25) is 0 Å². The monoisotopic (exact) mass is 574 g/mol. The van der Waals surface area contributed by atoms with E-state index in [1.165, 1.54) is 49.7 Å². The first kappa shape index (κ1) is 32.7. The molecule has 6 nitrogen and oxygen atoms in total. The molecule has 0 aliphatic rings. The molecule has 6 heteroatoms. The van der Waals surface area contributed by atoms with Crippen LogP contribution >= 0.6 is 0 Å². The van der Waals surface area contributed by atoms with Crippen LogP contribution in [-0.4, -0.2) is 19.2 Å². The SMILES string of the molecule is CCCCCCCCCCOc1ccc2c(OC/C=C(\C)CCC=C(C)C)c(OC(=O)c3ccccc3)c(=O)oc2c1. The second-order valence-corrected chi connectivity index (χ2v) is 11.0. The van der Waals surface area contributed by atoms with Crippen LogP contribution in [0.4, 0.5) is 0 Å². The van der Waals surface area contributed by atoms with Crippen LogP contribution in [0.5, 0.6) is 17.2 Å². The minimum atomic E-state index is -0.786. The highest BCUT2D eigenvalue weighted by molar-refractivity contribution is 5.93. The summed E-state index contributed by atoms with van der Waals surface area (Å²) in [5.74, 6) is -0.137. The van der Waals surface area contributed by atoms with Gasteiger partial charge in [-0.2, -0.15) is 0 Å². The van der Waals surface area contributed by atoms with Gasteiger partial charge in [-0.25, -0.2) is 9.59 Å². The Hall–Kier alpha value is -3.80. The molecule has 0 aliphatic carbocycles. The highest BCUT2D eigenvalue weighted by atomic mass is 16.6. The fourth-order valence-electron chi connectivity index (χ4n) is 4.57. The zero-order valence-electron chi connectivity index (χ0n) is 25.7. The van der Waals surface area contributed by atoms with Gasteiger partial charge in [-0.05, 0) is 70.4 Å². The van der Waals surface area contributed by atoms with Gasteiger partial charge in [0, 0.05) is 6.07 Å². The largest absolute Gasteiger partial charge is 0.493 e. The highest BCUT2D eigenvalue weighted by Gasteiger charge is 2.22. The molecule has 2 aromatic carbocycles. The van der Waals surface area contributed by atoms with E-state index in [1.807, 2.05) is 19.1 Å². The van der Waals surface area contributed by atoms with Crippen molar-refractivity contribution >= 4 is 16.9 Å². The summed E-state index contributed by atoms with van der Waals surface area (Å²) in [4.78, 5) is 25.9. The Labute approximate surface area is 250 Å². The molecular formula is C36H46O6. The smallest absolute Gasteiger partial charge is 0.383 e. The number of ether oxygens (including phenoxy) is 3. The van der Waals surface area contributed by atoms with Crippen LogP contribution in [0, 0.1) is 0 Å². The van der Waals surface area contributed by atoms with Crippen molar-refractivity contribution in [1.29, 1.82) is 0 Å². The predicted molar refractivity (Wildman–Crippen MR) is 170 cm³/mol. The summed E-state index contributed by atoms with van der Waals surface area (Å²) in [6, 6.07) is 13.8. The lowest BCUT2D eigenvalue weighted by atomic mass is 10.1. The number of hydrogen-bond donors (Lipinski definition) is 0. The molecule has 0 aliphatic heterocycles. The number of carbonyl (C=O) groups excluding carboxylic acids is 1. The van der Waals surface area contributed by atoms with Crippen molar-refractivity contribution in [1.82, 2.24) is 0 Å². The normalized spacial score (nSPS) is 11.4. The molecule has 0 radical (unpaired) electrons. The van der Waals surface area contributed by atoms with E-state index in [1.54, 1.807) is 42.5 Å². The maximum atomic E-state index is 13.1. The van der Waals surface area contributed by atoms with E-state index >= 15 is 0 Å². The molecule has 3 rings (SSSR count). The van der Waals surface area contributed by atoms with Crippen molar-refractivity contribution in [3.8, 4) is 17.2 Å². The molecule has 0 amide bonds. The summed E-state index contributed by atoms with van der Waals surface area (Å²) in [7, 11) is 0. The Bertz CT molecular complexity index is 1380. The van der Waals surface area contributed by atoms with Crippen LogP contribution < -0.4 is 19.8 Å². The lowest BCUT2D eigenvalue weighted by Crippen LogP contribution is -2.16. The van der Waals surface area contributed by atoms with Crippen LogP contribution in [0.25, 0.3) is 11.0 Å². The first-order valence-electron chi connectivity index (χ1n) is 15.3. The van der Waals surface area contributed by atoms with E-state index in [-0.39, 0.29) is 18.1 Å². The van der Waals surface area contributed by atoms with Crippen molar-refractivity contribution in [3.63, 3.8) is 0 Å². The number of unbranched alkanes of at least 4 members (excludes halogenated alkanes) is 7. The maximum absolute atomic E-state index is 13.1. The average Bonchev–Trinajstić information content (AvgIpc) is 2.97. The first-order chi connectivity index (χ1) is 20.4. The lowest BCUT2D eigenvalue weighted by Gasteiger charge is -2.13. The number of carbonyl (C=O) groups is 1. The van der Waals surface area contributed by atoms with Gasteiger partial charge in [-0.15, -0.1) is 0 Å². The topological polar surface area (TPSA) is 75.0 Å². The molecule has 0 atom stereocenters. The van der Waals surface area contributed by atoms with Gasteiger partial charge in [0.1, 0.15) is 17.9 Å². The number of benzene rings is 2. The number of hydrogen-bond acceptors (Lipinski definition) is 6. The van der Waals surface area contributed by atoms with Gasteiger partial charge >= 0.3 is 11.6 Å². The zero-order chi connectivity index (χ0) is 30.2. The van der Waals surface area contributed by atoms with Crippen LogP contribution in [0.3, 0.4) is 0 Å². The Balaban J connectivity index is 1.74. The van der Waals surface area contributed by atoms with Crippen LogP contribution in [0.1, 0.15) is 102 Å². The second-order valence-electron chi connectivity index (χ2n) is 11.0. The molecule has 1 aromatic heterocycles. The molecule has 1 heterocycles. The minimum Gasteiger partial charge on any atom is -0.493 e. The molecule has 0 saturated heterocycles. The van der Waals surface area contributed by atoms with Crippen molar-refractivity contribution in [2.45, 2.75) is 91.9 Å². The number of fused-ring (bicyclic) bond motifs is 1. The van der Waals surface area contributed by atoms with Gasteiger partial charge in [-0.3, -0.25) is 0 Å². The van der Waals surface area contributed by atoms with E-state index < -0.39 is 11.6 Å². The number of allylic oxidation sites excluding steroid dienone is 3. The number of esters is 1. The third-order valence-electron chi connectivity index (χ3n) is 7.01. The Kier molecular flexibility index (Phi) is 13.9. The first-order valence-corrected chi connectivity index (χ1v) is 15.3. The molecule has 0 fully saturated rings. The third-order valence-corrected chi connectivity index (χ3v) is 7.01. The van der Waals surface area contributed by atoms with Crippen molar-refractivity contribution < 1.29 is 23.4 Å². The van der Waals surface area contributed by atoms with Crippen molar-refractivity contribution in [3.05, 3.63) is 87.8 Å². The van der Waals surface area contributed by atoms with E-state index in [0.29, 0.717) is 28.9 Å². The van der Waals surface area contributed by atoms with Gasteiger partial charge in [0.15, 0.2) is 5.75 Å². The molecule has 3 aromatic rings. The standard InChI is InChI=1S/C36H46O6/c1-5-6-7-8-9-10-11-15-24-39-30-21-22-31-32(26-30)41-36(38)34(42-35(37)29-19-13-12-14-20-29)33(31)40-25-23-28(4)18-16-17-27(2)3/h12-14,17,19-23,26H,5-11,15-16,18,24-25H2,1-4H3/b28-23+. The van der Waals surface area contributed by atoms with Gasteiger partial charge in [-0.1, -0.05) is 87.3 Å². The average molecular weight is 575 g/mol. The fraction of sp³-hybridized carbons (Fsp3) is 0.444. The quantitative estimate of drug-likeness (QED) is 0.0652. The molecule has 0 bridgehead atoms. The van der Waals surface area contributed by atoms with Crippen molar-refractivity contribution in [2.24, 2.45) is 0 Å². The van der Waals surface area contributed by atoms with E-state index in [0.717, 1.165) is 25.7 Å². The lowest BCUT2D eigenvalue weighted by molar-refractivity contribution is 0.0722. The van der Waals surface area contributed by atoms with E-state index in [4.69, 9.17) is 18.6 Å². The van der Waals surface area contributed by atoms with E-state index in [2.05, 4.69) is 26.8 Å². The molecule has 0 saturated carbocycles. The van der Waals surface area contributed by atoms with Gasteiger partial charge in [0.05, 0.1) is 17.6 Å². The van der Waals surface area contributed by atoms with E-state index in [9.17, 15) is 9.59 Å². The summed E-state index contributed by atoms with van der Waals surface area (Å²) >= 11 is 0. The second kappa shape index (κ2) is 17.9. The van der Waals surface area contributed by atoms with Gasteiger partial charge in [0.25, 0.3) is 5.75 Å². The fourth-order valence-corrected chi connectivity index (χ4v) is 4.57. The van der Waals surface area contributed by atoms with Crippen LogP contribution in [0.15, 0.2) is 81.0 Å². The summed E-state index contributed by atoms with van der Waals surface area (Å²) in [5.41, 5.74) is 2.30. The molecule has 226 valence electrons. The third kappa shape index (κ3) is 10.9. The summed E-state index contributed by atoms with van der Waals surface area (Å²) in [6.07, 6.45) is 15.8. The summed E-state index contributed by atoms with van der Waals surface area (Å²) in [6.45, 7) is 9.25. The highest BCUT2D eigenvalue weighted by Crippen LogP contribution is 2.35. The summed E-state index contributed by atoms with van der Waals surface area (Å²) < 4.78 is 23.2.